The van der Waals surface area contributed by atoms with Crippen molar-refractivity contribution in [2.75, 3.05) is 11.9 Å². The normalized spacial score (nSPS) is 11.5. The fraction of sp³-hybridized carbons (Fsp3) is 0.250. The molecule has 0 aromatic heterocycles. The number of hydrogen-bond acceptors (Lipinski definition) is 6. The molecule has 7 heteroatoms. The van der Waals surface area contributed by atoms with Crippen molar-refractivity contribution in [3.05, 3.63) is 45.8 Å². The van der Waals surface area contributed by atoms with Gasteiger partial charge in [-0.2, -0.15) is 0 Å². The molecule has 0 fully saturated rings. The van der Waals surface area contributed by atoms with Gasteiger partial charge < -0.3 is 15.2 Å². The molecule has 0 saturated carbocycles. The Morgan fingerprint density at radius 1 is 1.42 bits per heavy atom. The molecule has 0 atom stereocenters. The molecule has 0 radical (unpaired) electrons. The van der Waals surface area contributed by atoms with Gasteiger partial charge in [-0.25, -0.2) is 4.79 Å². The van der Waals surface area contributed by atoms with Crippen molar-refractivity contribution in [1.82, 2.24) is 0 Å². The molecule has 2 N–H and O–H groups in total. The lowest BCUT2D eigenvalue weighted by molar-refractivity contribution is -0.384. The number of aliphatic hydroxyl groups is 1. The third kappa shape index (κ3) is 3.98. The average Bonchev–Trinajstić information content (AvgIpc) is 2.36. The van der Waals surface area contributed by atoms with E-state index < -0.39 is 10.9 Å². The van der Waals surface area contributed by atoms with E-state index in [1.54, 1.807) is 6.92 Å². The van der Waals surface area contributed by atoms with Crippen LogP contribution in [0.2, 0.25) is 0 Å². The van der Waals surface area contributed by atoms with E-state index in [0.717, 1.165) is 0 Å². The van der Waals surface area contributed by atoms with E-state index in [4.69, 9.17) is 4.74 Å². The smallest absolute Gasteiger partial charge is 0.358 e. The topological polar surface area (TPSA) is 102 Å². The minimum absolute atomic E-state index is 0.0621. The standard InChI is InChI=1S/C12H14N2O5/c1-3-19-12(16)11(8(2)15)13-9-4-6-10(7-5-9)14(17)18/h4-7,13,15H,3H2,1-2H3/b11-8-. The summed E-state index contributed by atoms with van der Waals surface area (Å²) in [5.41, 5.74) is 0.269. The van der Waals surface area contributed by atoms with E-state index >= 15 is 0 Å². The lowest BCUT2D eigenvalue weighted by atomic mass is 10.2. The minimum atomic E-state index is -0.694. The molecule has 0 heterocycles. The van der Waals surface area contributed by atoms with Crippen LogP contribution in [-0.2, 0) is 9.53 Å². The van der Waals surface area contributed by atoms with Crippen LogP contribution in [0.25, 0.3) is 0 Å². The van der Waals surface area contributed by atoms with Gasteiger partial charge in [-0.05, 0) is 26.0 Å². The Bertz CT molecular complexity index is 503. The van der Waals surface area contributed by atoms with Crippen LogP contribution >= 0.6 is 0 Å². The molecule has 7 nitrogen and oxygen atoms in total. The summed E-state index contributed by atoms with van der Waals surface area (Å²) in [6.45, 7) is 3.16. The summed E-state index contributed by atoms with van der Waals surface area (Å²) < 4.78 is 4.77. The Kier molecular flexibility index (Phi) is 4.87. The van der Waals surface area contributed by atoms with Crippen LogP contribution in [0, 0.1) is 10.1 Å². The largest absolute Gasteiger partial charge is 0.510 e. The number of ether oxygens (including phenoxy) is 1. The molecule has 0 spiro atoms. The predicted octanol–water partition coefficient (Wildman–Crippen LogP) is 2.36. The summed E-state index contributed by atoms with van der Waals surface area (Å²) in [6.07, 6.45) is 0. The van der Waals surface area contributed by atoms with Crippen molar-refractivity contribution >= 4 is 17.3 Å². The molecule has 0 aliphatic carbocycles. The fourth-order valence-electron chi connectivity index (χ4n) is 1.30. The summed E-state index contributed by atoms with van der Waals surface area (Å²) in [5.74, 6) is -0.919. The van der Waals surface area contributed by atoms with Crippen LogP contribution in [0.4, 0.5) is 11.4 Å². The van der Waals surface area contributed by atoms with E-state index in [2.05, 4.69) is 5.32 Å². The van der Waals surface area contributed by atoms with E-state index in [1.165, 1.54) is 31.2 Å². The van der Waals surface area contributed by atoms with Gasteiger partial charge in [-0.15, -0.1) is 0 Å². The van der Waals surface area contributed by atoms with Gasteiger partial charge in [0.1, 0.15) is 5.76 Å². The number of carbonyl (C=O) groups is 1. The zero-order valence-corrected chi connectivity index (χ0v) is 10.5. The van der Waals surface area contributed by atoms with Gasteiger partial charge in [0.05, 0.1) is 11.5 Å². The number of anilines is 1. The number of benzene rings is 1. The van der Waals surface area contributed by atoms with Crippen LogP contribution in [0.3, 0.4) is 0 Å². The molecule has 0 unspecified atom stereocenters. The zero-order valence-electron chi connectivity index (χ0n) is 10.5. The number of allylic oxidation sites excluding steroid dienone is 1. The van der Waals surface area contributed by atoms with Gasteiger partial charge in [-0.1, -0.05) is 0 Å². The van der Waals surface area contributed by atoms with E-state index in [9.17, 15) is 20.0 Å². The quantitative estimate of drug-likeness (QED) is 0.279. The Labute approximate surface area is 109 Å². The van der Waals surface area contributed by atoms with E-state index in [1.807, 2.05) is 0 Å². The maximum Gasteiger partial charge on any atom is 0.358 e. The number of nitro groups is 1. The lowest BCUT2D eigenvalue weighted by Crippen LogP contribution is -2.16. The second-order valence-electron chi connectivity index (χ2n) is 3.61. The van der Waals surface area contributed by atoms with Crippen molar-refractivity contribution in [2.24, 2.45) is 0 Å². The van der Waals surface area contributed by atoms with Crippen molar-refractivity contribution in [1.29, 1.82) is 0 Å². The van der Waals surface area contributed by atoms with E-state index in [0.29, 0.717) is 5.69 Å². The minimum Gasteiger partial charge on any atom is -0.510 e. The molecule has 19 heavy (non-hydrogen) atoms. The van der Waals surface area contributed by atoms with Gasteiger partial charge in [0.25, 0.3) is 5.69 Å². The molecule has 1 rings (SSSR count). The Morgan fingerprint density at radius 2 is 2.00 bits per heavy atom. The van der Waals surface area contributed by atoms with Crippen molar-refractivity contribution in [2.45, 2.75) is 13.8 Å². The molecular weight excluding hydrogens is 252 g/mol. The third-order valence-corrected chi connectivity index (χ3v) is 2.19. The maximum absolute atomic E-state index is 11.6. The van der Waals surface area contributed by atoms with Gasteiger partial charge in [0.15, 0.2) is 5.70 Å². The van der Waals surface area contributed by atoms with Gasteiger partial charge in [-0.3, -0.25) is 10.1 Å². The first-order valence-corrected chi connectivity index (χ1v) is 5.54. The summed E-state index contributed by atoms with van der Waals surface area (Å²) >= 11 is 0. The number of nitro benzene ring substituents is 1. The first kappa shape index (κ1) is 14.5. The number of hydrogen-bond donors (Lipinski definition) is 2. The number of nitrogens with one attached hydrogen (secondary N) is 1. The highest BCUT2D eigenvalue weighted by Crippen LogP contribution is 2.18. The molecule has 0 saturated heterocycles. The maximum atomic E-state index is 11.6. The molecular formula is C12H14N2O5. The second kappa shape index (κ2) is 6.39. The number of esters is 1. The summed E-state index contributed by atoms with van der Waals surface area (Å²) in [6, 6.07) is 5.44. The number of aliphatic hydroxyl groups excluding tert-OH is 1. The Morgan fingerprint density at radius 3 is 2.42 bits per heavy atom. The zero-order chi connectivity index (χ0) is 14.4. The van der Waals surface area contributed by atoms with Crippen LogP contribution in [0.5, 0.6) is 0 Å². The lowest BCUT2D eigenvalue weighted by Gasteiger charge is -2.10. The third-order valence-electron chi connectivity index (χ3n) is 2.19. The molecule has 1 aromatic rings. The fourth-order valence-corrected chi connectivity index (χ4v) is 1.30. The monoisotopic (exact) mass is 266 g/mol. The molecule has 0 bridgehead atoms. The molecule has 1 aromatic carbocycles. The summed E-state index contributed by atoms with van der Waals surface area (Å²) in [5, 5.41) is 22.6. The van der Waals surface area contributed by atoms with Crippen molar-refractivity contribution < 1.29 is 19.6 Å². The number of non-ortho nitro benzene ring substituents is 1. The number of nitrogens with zero attached hydrogens (tertiary/aromatic N) is 1. The highest BCUT2D eigenvalue weighted by Gasteiger charge is 2.15. The van der Waals surface area contributed by atoms with Gasteiger partial charge in [0.2, 0.25) is 0 Å². The van der Waals surface area contributed by atoms with Crippen molar-refractivity contribution in [3.8, 4) is 0 Å². The van der Waals surface area contributed by atoms with Crippen LogP contribution in [-0.4, -0.2) is 22.6 Å². The molecule has 102 valence electrons. The predicted molar refractivity (Wildman–Crippen MR) is 68.7 cm³/mol. The second-order valence-corrected chi connectivity index (χ2v) is 3.61. The molecule has 0 aliphatic heterocycles. The number of carbonyl (C=O) groups excluding carboxylic acids is 1. The highest BCUT2D eigenvalue weighted by atomic mass is 16.6. The van der Waals surface area contributed by atoms with E-state index in [-0.39, 0.29) is 23.8 Å². The average molecular weight is 266 g/mol. The van der Waals surface area contributed by atoms with Crippen molar-refractivity contribution in [3.63, 3.8) is 0 Å². The molecule has 0 amide bonds. The Balaban J connectivity index is 2.89. The highest BCUT2D eigenvalue weighted by molar-refractivity contribution is 5.92. The first-order valence-electron chi connectivity index (χ1n) is 5.54. The van der Waals surface area contributed by atoms with Crippen LogP contribution in [0.15, 0.2) is 35.7 Å². The van der Waals surface area contributed by atoms with Crippen LogP contribution < -0.4 is 5.32 Å². The SMILES string of the molecule is CCOC(=O)/C(Nc1ccc([N+](=O)[O-])cc1)=C(\C)O. The van der Waals surface area contributed by atoms with Gasteiger partial charge in [0, 0.05) is 17.8 Å². The Hall–Kier alpha value is -2.57. The summed E-state index contributed by atoms with van der Waals surface area (Å²) in [4.78, 5) is 21.5. The molecule has 0 aliphatic rings. The van der Waals surface area contributed by atoms with Gasteiger partial charge >= 0.3 is 5.97 Å². The summed E-state index contributed by atoms with van der Waals surface area (Å²) in [7, 11) is 0. The first-order chi connectivity index (χ1) is 8.95. The number of rotatable bonds is 5. The van der Waals surface area contributed by atoms with Crippen LogP contribution in [0.1, 0.15) is 13.8 Å².